The van der Waals surface area contributed by atoms with Gasteiger partial charge in [-0.3, -0.25) is 10.1 Å². The summed E-state index contributed by atoms with van der Waals surface area (Å²) in [6.45, 7) is 2.63. The van der Waals surface area contributed by atoms with Gasteiger partial charge in [-0.2, -0.15) is 0 Å². The Hall–Kier alpha value is -3.55. The Morgan fingerprint density at radius 2 is 1.86 bits per heavy atom. The number of rotatable bonds is 7. The van der Waals surface area contributed by atoms with Crippen LogP contribution in [0.15, 0.2) is 54.6 Å². The molecular formula is C20H19FN4O3. The lowest BCUT2D eigenvalue weighted by Crippen LogP contribution is -2.25. The van der Waals surface area contributed by atoms with Crippen LogP contribution in [0.4, 0.5) is 15.9 Å². The number of hydrogen-bond donors (Lipinski definition) is 0. The lowest BCUT2D eigenvalue weighted by atomic mass is 10.2. The van der Waals surface area contributed by atoms with Crippen molar-refractivity contribution in [3.63, 3.8) is 0 Å². The highest BCUT2D eigenvalue weighted by Crippen LogP contribution is 2.22. The maximum absolute atomic E-state index is 13.6. The van der Waals surface area contributed by atoms with Crippen LogP contribution in [0.2, 0.25) is 0 Å². The van der Waals surface area contributed by atoms with Crippen LogP contribution >= 0.6 is 0 Å². The van der Waals surface area contributed by atoms with Gasteiger partial charge in [0.15, 0.2) is 17.4 Å². The molecule has 144 valence electrons. The SMILES string of the molecule is Cc1cc(N(C)CCOc2ccccc2F)nc(-c2ccc([N+](=O)[O-])cc2)n1. The molecule has 0 saturated heterocycles. The number of aryl methyl sites for hydroxylation is 1. The Labute approximate surface area is 161 Å². The number of benzene rings is 2. The summed E-state index contributed by atoms with van der Waals surface area (Å²) in [5.41, 5.74) is 1.46. The van der Waals surface area contributed by atoms with E-state index in [2.05, 4.69) is 9.97 Å². The first-order valence-electron chi connectivity index (χ1n) is 8.63. The highest BCUT2D eigenvalue weighted by atomic mass is 19.1. The van der Waals surface area contributed by atoms with E-state index in [4.69, 9.17) is 4.74 Å². The van der Waals surface area contributed by atoms with E-state index in [1.807, 2.05) is 24.9 Å². The molecule has 0 bridgehead atoms. The zero-order valence-corrected chi connectivity index (χ0v) is 15.5. The summed E-state index contributed by atoms with van der Waals surface area (Å²) in [5.74, 6) is 0.967. The Morgan fingerprint density at radius 1 is 1.14 bits per heavy atom. The molecule has 0 aliphatic rings. The molecule has 0 atom stereocenters. The molecule has 1 heterocycles. The second-order valence-electron chi connectivity index (χ2n) is 6.20. The summed E-state index contributed by atoms with van der Waals surface area (Å²) in [7, 11) is 1.85. The molecule has 7 nitrogen and oxygen atoms in total. The van der Waals surface area contributed by atoms with E-state index in [9.17, 15) is 14.5 Å². The Morgan fingerprint density at radius 3 is 2.54 bits per heavy atom. The molecule has 0 amide bonds. The highest BCUT2D eigenvalue weighted by molar-refractivity contribution is 5.59. The van der Waals surface area contributed by atoms with E-state index in [0.29, 0.717) is 23.8 Å². The van der Waals surface area contributed by atoms with Crippen LogP contribution < -0.4 is 9.64 Å². The van der Waals surface area contributed by atoms with E-state index in [0.717, 1.165) is 5.69 Å². The van der Waals surface area contributed by atoms with Crippen LogP contribution in [0.25, 0.3) is 11.4 Å². The third-order valence-corrected chi connectivity index (χ3v) is 4.09. The van der Waals surface area contributed by atoms with Crippen molar-refractivity contribution in [2.45, 2.75) is 6.92 Å². The number of non-ortho nitro benzene ring substituents is 1. The molecule has 1 aromatic heterocycles. The Balaban J connectivity index is 1.71. The summed E-state index contributed by atoms with van der Waals surface area (Å²) in [4.78, 5) is 21.2. The van der Waals surface area contributed by atoms with Crippen molar-refractivity contribution < 1.29 is 14.1 Å². The largest absolute Gasteiger partial charge is 0.489 e. The Kier molecular flexibility index (Phi) is 5.78. The number of ether oxygens (including phenoxy) is 1. The molecule has 0 radical (unpaired) electrons. The molecule has 0 aliphatic carbocycles. The first-order valence-corrected chi connectivity index (χ1v) is 8.63. The number of anilines is 1. The van der Waals surface area contributed by atoms with Crippen LogP contribution in [0.3, 0.4) is 0 Å². The van der Waals surface area contributed by atoms with Crippen molar-refractivity contribution in [3.8, 4) is 17.1 Å². The number of nitro groups is 1. The molecule has 3 rings (SSSR count). The van der Waals surface area contributed by atoms with Gasteiger partial charge in [0.25, 0.3) is 5.69 Å². The van der Waals surface area contributed by atoms with E-state index in [-0.39, 0.29) is 18.0 Å². The fourth-order valence-corrected chi connectivity index (χ4v) is 2.58. The van der Waals surface area contributed by atoms with Gasteiger partial charge in [0.2, 0.25) is 0 Å². The van der Waals surface area contributed by atoms with Crippen LogP contribution in [-0.4, -0.2) is 35.1 Å². The van der Waals surface area contributed by atoms with Crippen molar-refractivity contribution in [2.24, 2.45) is 0 Å². The standard InChI is InChI=1S/C20H19FN4O3/c1-14-13-19(24(2)11-12-28-18-6-4-3-5-17(18)21)23-20(22-14)15-7-9-16(10-8-15)25(26)27/h3-10,13H,11-12H2,1-2H3. The predicted molar refractivity (Wildman–Crippen MR) is 104 cm³/mol. The molecule has 0 N–H and O–H groups in total. The quantitative estimate of drug-likeness (QED) is 0.454. The first kappa shape index (κ1) is 19.2. The fraction of sp³-hybridized carbons (Fsp3) is 0.200. The second-order valence-corrected chi connectivity index (χ2v) is 6.20. The highest BCUT2D eigenvalue weighted by Gasteiger charge is 2.11. The topological polar surface area (TPSA) is 81.4 Å². The van der Waals surface area contributed by atoms with Gasteiger partial charge in [-0.1, -0.05) is 12.1 Å². The average molecular weight is 382 g/mol. The lowest BCUT2D eigenvalue weighted by molar-refractivity contribution is -0.384. The number of hydrogen-bond acceptors (Lipinski definition) is 6. The maximum Gasteiger partial charge on any atom is 0.269 e. The molecule has 3 aromatic rings. The van der Waals surface area contributed by atoms with Gasteiger partial charge in [0.1, 0.15) is 12.4 Å². The minimum absolute atomic E-state index is 0.0130. The smallest absolute Gasteiger partial charge is 0.269 e. The minimum atomic E-state index is -0.449. The van der Waals surface area contributed by atoms with Crippen LogP contribution in [-0.2, 0) is 0 Å². The molecule has 0 fully saturated rings. The number of nitro benzene ring substituents is 1. The Bertz CT molecular complexity index is 979. The normalized spacial score (nSPS) is 10.5. The van der Waals surface area contributed by atoms with Gasteiger partial charge in [-0.05, 0) is 31.2 Å². The molecular weight excluding hydrogens is 363 g/mol. The lowest BCUT2D eigenvalue weighted by Gasteiger charge is -2.19. The van der Waals surface area contributed by atoms with E-state index < -0.39 is 10.7 Å². The molecule has 28 heavy (non-hydrogen) atoms. The molecule has 0 aliphatic heterocycles. The molecule has 0 spiro atoms. The molecule has 0 unspecified atom stereocenters. The van der Waals surface area contributed by atoms with Gasteiger partial charge in [-0.25, -0.2) is 14.4 Å². The van der Waals surface area contributed by atoms with Crippen molar-refractivity contribution >= 4 is 11.5 Å². The summed E-state index contributed by atoms with van der Waals surface area (Å²) in [5, 5.41) is 10.8. The van der Waals surface area contributed by atoms with Crippen molar-refractivity contribution in [1.82, 2.24) is 9.97 Å². The van der Waals surface area contributed by atoms with E-state index in [1.54, 1.807) is 30.3 Å². The molecule has 0 saturated carbocycles. The summed E-state index contributed by atoms with van der Waals surface area (Å²) in [6, 6.07) is 14.2. The van der Waals surface area contributed by atoms with Crippen LogP contribution in [0.5, 0.6) is 5.75 Å². The van der Waals surface area contributed by atoms with E-state index >= 15 is 0 Å². The van der Waals surface area contributed by atoms with Crippen molar-refractivity contribution in [3.05, 3.63) is 76.2 Å². The van der Waals surface area contributed by atoms with Crippen LogP contribution in [0, 0.1) is 22.9 Å². The number of para-hydroxylation sites is 1. The number of aromatic nitrogens is 2. The molecule has 2 aromatic carbocycles. The summed E-state index contributed by atoms with van der Waals surface area (Å²) >= 11 is 0. The van der Waals surface area contributed by atoms with Crippen molar-refractivity contribution in [1.29, 1.82) is 0 Å². The number of nitrogens with zero attached hydrogens (tertiary/aromatic N) is 4. The van der Waals surface area contributed by atoms with Crippen molar-refractivity contribution in [2.75, 3.05) is 25.1 Å². The summed E-state index contributed by atoms with van der Waals surface area (Å²) in [6.07, 6.45) is 0. The zero-order chi connectivity index (χ0) is 20.1. The second kappa shape index (κ2) is 8.43. The third-order valence-electron chi connectivity index (χ3n) is 4.09. The first-order chi connectivity index (χ1) is 13.4. The summed E-state index contributed by atoms with van der Waals surface area (Å²) < 4.78 is 19.1. The zero-order valence-electron chi connectivity index (χ0n) is 15.5. The number of likely N-dealkylation sites (N-methyl/N-ethyl adjacent to an activating group) is 1. The maximum atomic E-state index is 13.6. The molecule has 8 heteroatoms. The van der Waals surface area contributed by atoms with Gasteiger partial charge < -0.3 is 9.64 Å². The minimum Gasteiger partial charge on any atom is -0.489 e. The van der Waals surface area contributed by atoms with E-state index in [1.165, 1.54) is 18.2 Å². The van der Waals surface area contributed by atoms with Gasteiger partial charge >= 0.3 is 0 Å². The predicted octanol–water partition coefficient (Wildman–Crippen LogP) is 4.01. The third kappa shape index (κ3) is 4.59. The fourth-order valence-electron chi connectivity index (χ4n) is 2.58. The monoisotopic (exact) mass is 382 g/mol. The van der Waals surface area contributed by atoms with Crippen LogP contribution in [0.1, 0.15) is 5.69 Å². The van der Waals surface area contributed by atoms with Gasteiger partial charge in [0.05, 0.1) is 11.5 Å². The number of halogens is 1. The van der Waals surface area contributed by atoms with Gasteiger partial charge in [-0.15, -0.1) is 0 Å². The van der Waals surface area contributed by atoms with Gasteiger partial charge in [0, 0.05) is 36.5 Å². The average Bonchev–Trinajstić information content (AvgIpc) is 2.69.